The molecule has 0 spiro atoms. The lowest BCUT2D eigenvalue weighted by Crippen LogP contribution is -2.28. The van der Waals surface area contributed by atoms with E-state index in [1.54, 1.807) is 19.1 Å². The van der Waals surface area contributed by atoms with Crippen LogP contribution in [-0.2, 0) is 11.2 Å². The number of benzene rings is 1. The Bertz CT molecular complexity index is 423. The minimum absolute atomic E-state index is 0.0278. The zero-order valence-corrected chi connectivity index (χ0v) is 11.0. The summed E-state index contributed by atoms with van der Waals surface area (Å²) in [5.74, 6) is -1.11. The van der Waals surface area contributed by atoms with Crippen LogP contribution in [0.4, 0.5) is 4.39 Å². The minimum Gasteiger partial charge on any atom is -0.481 e. The Kier molecular flexibility index (Phi) is 6.45. The SMILES string of the molecule is Cc1cc(CCNCC(O)CCC(=O)O)ccc1F. The van der Waals surface area contributed by atoms with Gasteiger partial charge in [0.2, 0.25) is 0 Å². The summed E-state index contributed by atoms with van der Waals surface area (Å²) in [6, 6.07) is 5.00. The molecule has 0 heterocycles. The molecule has 4 nitrogen and oxygen atoms in total. The number of aliphatic carboxylic acids is 1. The Labute approximate surface area is 112 Å². The molecule has 0 bridgehead atoms. The molecule has 0 aliphatic heterocycles. The molecule has 3 N–H and O–H groups in total. The molecule has 1 unspecified atom stereocenters. The largest absolute Gasteiger partial charge is 0.481 e. The van der Waals surface area contributed by atoms with Crippen LogP contribution in [0.5, 0.6) is 0 Å². The molecular weight excluding hydrogens is 249 g/mol. The molecule has 0 amide bonds. The number of carboxylic acids is 1. The number of aliphatic hydroxyl groups excluding tert-OH is 1. The van der Waals surface area contributed by atoms with Crippen LogP contribution in [0.2, 0.25) is 0 Å². The quantitative estimate of drug-likeness (QED) is 0.625. The summed E-state index contributed by atoms with van der Waals surface area (Å²) in [5.41, 5.74) is 1.66. The highest BCUT2D eigenvalue weighted by atomic mass is 19.1. The van der Waals surface area contributed by atoms with E-state index in [4.69, 9.17) is 5.11 Å². The van der Waals surface area contributed by atoms with Crippen molar-refractivity contribution in [2.75, 3.05) is 13.1 Å². The van der Waals surface area contributed by atoms with Gasteiger partial charge < -0.3 is 15.5 Å². The van der Waals surface area contributed by atoms with E-state index in [-0.39, 0.29) is 18.7 Å². The third-order valence-electron chi connectivity index (χ3n) is 2.88. The zero-order valence-electron chi connectivity index (χ0n) is 11.0. The van der Waals surface area contributed by atoms with Gasteiger partial charge in [-0.25, -0.2) is 4.39 Å². The second-order valence-corrected chi connectivity index (χ2v) is 4.62. The molecule has 0 aromatic heterocycles. The van der Waals surface area contributed by atoms with Crippen LogP contribution in [0.1, 0.15) is 24.0 Å². The van der Waals surface area contributed by atoms with Crippen molar-refractivity contribution in [2.45, 2.75) is 32.3 Å². The van der Waals surface area contributed by atoms with Crippen molar-refractivity contribution in [3.63, 3.8) is 0 Å². The lowest BCUT2D eigenvalue weighted by atomic mass is 10.1. The highest BCUT2D eigenvalue weighted by Gasteiger charge is 2.06. The van der Waals surface area contributed by atoms with Crippen molar-refractivity contribution >= 4 is 5.97 Å². The number of aryl methyl sites for hydroxylation is 1. The first-order chi connectivity index (χ1) is 8.99. The van der Waals surface area contributed by atoms with Gasteiger partial charge in [0.25, 0.3) is 0 Å². The van der Waals surface area contributed by atoms with E-state index < -0.39 is 12.1 Å². The second-order valence-electron chi connectivity index (χ2n) is 4.62. The van der Waals surface area contributed by atoms with Crippen LogP contribution in [0.25, 0.3) is 0 Å². The van der Waals surface area contributed by atoms with Gasteiger partial charge >= 0.3 is 5.97 Å². The van der Waals surface area contributed by atoms with Gasteiger partial charge in [-0.3, -0.25) is 4.79 Å². The van der Waals surface area contributed by atoms with Crippen LogP contribution in [-0.4, -0.2) is 35.4 Å². The number of rotatable bonds is 8. The molecule has 0 saturated heterocycles. The van der Waals surface area contributed by atoms with Gasteiger partial charge in [0, 0.05) is 13.0 Å². The molecular formula is C14H20FNO3. The van der Waals surface area contributed by atoms with E-state index in [0.717, 1.165) is 12.0 Å². The zero-order chi connectivity index (χ0) is 14.3. The Morgan fingerprint density at radius 3 is 2.84 bits per heavy atom. The van der Waals surface area contributed by atoms with Crippen LogP contribution in [0.15, 0.2) is 18.2 Å². The van der Waals surface area contributed by atoms with Gasteiger partial charge in [-0.1, -0.05) is 12.1 Å². The fourth-order valence-corrected chi connectivity index (χ4v) is 1.76. The van der Waals surface area contributed by atoms with Crippen molar-refractivity contribution in [3.05, 3.63) is 35.1 Å². The predicted octanol–water partition coefficient (Wildman–Crippen LogP) is 1.49. The highest BCUT2D eigenvalue weighted by molar-refractivity contribution is 5.66. The van der Waals surface area contributed by atoms with E-state index in [0.29, 0.717) is 18.7 Å². The number of carboxylic acid groups (broad SMARTS) is 1. The molecule has 5 heteroatoms. The molecule has 19 heavy (non-hydrogen) atoms. The molecule has 0 radical (unpaired) electrons. The molecule has 0 fully saturated rings. The van der Waals surface area contributed by atoms with Crippen molar-refractivity contribution in [2.24, 2.45) is 0 Å². The van der Waals surface area contributed by atoms with Crippen LogP contribution < -0.4 is 5.32 Å². The first kappa shape index (κ1) is 15.6. The number of hydrogen-bond acceptors (Lipinski definition) is 3. The summed E-state index contributed by atoms with van der Waals surface area (Å²) in [6.45, 7) is 2.75. The summed E-state index contributed by atoms with van der Waals surface area (Å²) in [4.78, 5) is 10.3. The van der Waals surface area contributed by atoms with Gasteiger partial charge in [-0.05, 0) is 43.5 Å². The summed E-state index contributed by atoms with van der Waals surface area (Å²) in [6.07, 6.45) is 0.316. The lowest BCUT2D eigenvalue weighted by molar-refractivity contribution is -0.137. The standard InChI is InChI=1S/C14H20FNO3/c1-10-8-11(2-4-13(10)15)6-7-16-9-12(17)3-5-14(18)19/h2,4,8,12,16-17H,3,5-7,9H2,1H3,(H,18,19). The summed E-state index contributed by atoms with van der Waals surface area (Å²) in [5, 5.41) is 21.0. The smallest absolute Gasteiger partial charge is 0.303 e. The van der Waals surface area contributed by atoms with E-state index >= 15 is 0 Å². The number of aliphatic hydroxyl groups is 1. The van der Waals surface area contributed by atoms with Crippen molar-refractivity contribution in [1.82, 2.24) is 5.32 Å². The molecule has 1 rings (SSSR count). The second kappa shape index (κ2) is 7.86. The Hall–Kier alpha value is -1.46. The van der Waals surface area contributed by atoms with Crippen LogP contribution in [0, 0.1) is 12.7 Å². The Morgan fingerprint density at radius 2 is 2.21 bits per heavy atom. The molecule has 1 atom stereocenters. The molecule has 0 aliphatic carbocycles. The first-order valence-electron chi connectivity index (χ1n) is 6.34. The van der Waals surface area contributed by atoms with E-state index in [9.17, 15) is 14.3 Å². The maximum atomic E-state index is 13.0. The molecule has 1 aromatic carbocycles. The predicted molar refractivity (Wildman–Crippen MR) is 70.6 cm³/mol. The van der Waals surface area contributed by atoms with Gasteiger partial charge in [-0.15, -0.1) is 0 Å². The number of nitrogens with one attached hydrogen (secondary N) is 1. The Balaban J connectivity index is 2.19. The highest BCUT2D eigenvalue weighted by Crippen LogP contribution is 2.09. The van der Waals surface area contributed by atoms with Gasteiger partial charge in [0.05, 0.1) is 6.10 Å². The fourth-order valence-electron chi connectivity index (χ4n) is 1.76. The van der Waals surface area contributed by atoms with Gasteiger partial charge in [-0.2, -0.15) is 0 Å². The molecule has 0 aliphatic rings. The molecule has 0 saturated carbocycles. The van der Waals surface area contributed by atoms with Crippen molar-refractivity contribution < 1.29 is 19.4 Å². The first-order valence-corrected chi connectivity index (χ1v) is 6.34. The average Bonchev–Trinajstić information content (AvgIpc) is 2.36. The summed E-state index contributed by atoms with van der Waals surface area (Å²) in [7, 11) is 0. The van der Waals surface area contributed by atoms with Crippen LogP contribution in [0.3, 0.4) is 0 Å². The average molecular weight is 269 g/mol. The minimum atomic E-state index is -0.902. The van der Waals surface area contributed by atoms with E-state index in [1.165, 1.54) is 6.07 Å². The third kappa shape index (κ3) is 6.31. The topological polar surface area (TPSA) is 69.6 Å². The number of carbonyl (C=O) groups is 1. The maximum absolute atomic E-state index is 13.0. The van der Waals surface area contributed by atoms with E-state index in [2.05, 4.69) is 5.32 Å². The van der Waals surface area contributed by atoms with Gasteiger partial charge in [0.15, 0.2) is 0 Å². The van der Waals surface area contributed by atoms with Gasteiger partial charge in [0.1, 0.15) is 5.82 Å². The summed E-state index contributed by atoms with van der Waals surface area (Å²) < 4.78 is 13.0. The van der Waals surface area contributed by atoms with E-state index in [1.807, 2.05) is 0 Å². The normalized spacial score (nSPS) is 12.4. The number of halogens is 1. The molecule has 106 valence electrons. The maximum Gasteiger partial charge on any atom is 0.303 e. The Morgan fingerprint density at radius 1 is 1.47 bits per heavy atom. The monoisotopic (exact) mass is 269 g/mol. The van der Waals surface area contributed by atoms with Crippen molar-refractivity contribution in [3.8, 4) is 0 Å². The third-order valence-corrected chi connectivity index (χ3v) is 2.88. The van der Waals surface area contributed by atoms with Crippen LogP contribution >= 0.6 is 0 Å². The summed E-state index contributed by atoms with van der Waals surface area (Å²) >= 11 is 0. The number of hydrogen-bond donors (Lipinski definition) is 3. The van der Waals surface area contributed by atoms with Crippen molar-refractivity contribution in [1.29, 1.82) is 0 Å². The lowest BCUT2D eigenvalue weighted by Gasteiger charge is -2.10. The molecule has 1 aromatic rings. The fraction of sp³-hybridized carbons (Fsp3) is 0.500.